The Balaban J connectivity index is 2.52. The van der Waals surface area contributed by atoms with Gasteiger partial charge in [-0.3, -0.25) is 9.13 Å². The summed E-state index contributed by atoms with van der Waals surface area (Å²) < 4.78 is 24.2. The van der Waals surface area contributed by atoms with Crippen LogP contribution in [0.4, 0.5) is 0 Å². The van der Waals surface area contributed by atoms with E-state index < -0.39 is 27.0 Å². The van der Waals surface area contributed by atoms with Crippen molar-refractivity contribution in [2.75, 3.05) is 0 Å². The van der Waals surface area contributed by atoms with Gasteiger partial charge in [0.25, 0.3) is 0 Å². The quantitative estimate of drug-likeness (QED) is 0.614. The third-order valence-electron chi connectivity index (χ3n) is 2.98. The lowest BCUT2D eigenvalue weighted by molar-refractivity contribution is 0.337. The minimum Gasteiger partial charge on any atom is -0.324 e. The maximum Gasteiger partial charge on any atom is 0.341 e. The van der Waals surface area contributed by atoms with Crippen molar-refractivity contribution in [3.05, 3.63) is 35.8 Å². The molecule has 10 heteroatoms. The Morgan fingerprint density at radius 1 is 1.20 bits per heavy atom. The third kappa shape index (κ3) is 3.01. The molecule has 0 radical (unpaired) electrons. The molecule has 2 heterocycles. The Kier molecular flexibility index (Phi) is 3.90. The normalized spacial score (nSPS) is 13.3. The second-order valence-electron chi connectivity index (χ2n) is 4.44. The second kappa shape index (κ2) is 5.07. The molecule has 0 saturated heterocycles. The summed E-state index contributed by atoms with van der Waals surface area (Å²) in [6.45, 7) is 1.62. The standard InChI is InChI=1S/C10H14N2O6P2/c1-7-8(12-5-3-2-4-9(12)11-7)6-10(19(13,14)15)20(16,17)18/h2-5,10H,6H2,1H3,(H2,13,14,15)(H2,16,17,18). The van der Waals surface area contributed by atoms with Crippen molar-refractivity contribution in [1.29, 1.82) is 0 Å². The Bertz CT molecular complexity index is 708. The number of rotatable bonds is 4. The first kappa shape index (κ1) is 15.4. The smallest absolute Gasteiger partial charge is 0.324 e. The summed E-state index contributed by atoms with van der Waals surface area (Å²) in [5.41, 5.74) is 1.40. The molecular weight excluding hydrogens is 306 g/mol. The van der Waals surface area contributed by atoms with E-state index in [1.54, 1.807) is 35.7 Å². The largest absolute Gasteiger partial charge is 0.341 e. The summed E-state index contributed by atoms with van der Waals surface area (Å²) in [4.78, 5) is 40.8. The van der Waals surface area contributed by atoms with Crippen molar-refractivity contribution in [2.45, 2.75) is 18.7 Å². The van der Waals surface area contributed by atoms with Gasteiger partial charge in [0.1, 0.15) is 5.65 Å². The van der Waals surface area contributed by atoms with E-state index in [4.69, 9.17) is 19.6 Å². The molecule has 8 nitrogen and oxygen atoms in total. The van der Waals surface area contributed by atoms with Crippen molar-refractivity contribution < 1.29 is 28.7 Å². The number of hydrogen-bond acceptors (Lipinski definition) is 3. The predicted octanol–water partition coefficient (Wildman–Crippen LogP) is 0.867. The SMILES string of the molecule is Cc1nc2ccccn2c1CC(P(=O)(O)O)P(=O)(O)O. The fraction of sp³-hybridized carbons (Fsp3) is 0.300. The Morgan fingerprint density at radius 2 is 1.80 bits per heavy atom. The molecular formula is C10H14N2O6P2. The van der Waals surface area contributed by atoms with Gasteiger partial charge in [-0.25, -0.2) is 4.98 Å². The van der Waals surface area contributed by atoms with Crippen molar-refractivity contribution in [2.24, 2.45) is 0 Å². The molecule has 0 aliphatic heterocycles. The van der Waals surface area contributed by atoms with E-state index in [-0.39, 0.29) is 0 Å². The lowest BCUT2D eigenvalue weighted by atomic mass is 10.3. The molecule has 0 spiro atoms. The average Bonchev–Trinajstić information content (AvgIpc) is 2.58. The van der Waals surface area contributed by atoms with Gasteiger partial charge in [0, 0.05) is 18.3 Å². The van der Waals surface area contributed by atoms with E-state index in [0.717, 1.165) is 0 Å². The van der Waals surface area contributed by atoms with Crippen LogP contribution in [0.15, 0.2) is 24.4 Å². The van der Waals surface area contributed by atoms with Crippen LogP contribution in [0.1, 0.15) is 11.4 Å². The molecule has 0 unspecified atom stereocenters. The molecule has 110 valence electrons. The molecule has 0 saturated carbocycles. The zero-order valence-electron chi connectivity index (χ0n) is 10.5. The first-order chi connectivity index (χ1) is 9.10. The molecule has 2 aromatic heterocycles. The summed E-state index contributed by atoms with van der Waals surface area (Å²) in [5, 5.41) is -2.06. The van der Waals surface area contributed by atoms with Crippen LogP contribution in [-0.4, -0.2) is 34.4 Å². The van der Waals surface area contributed by atoms with Gasteiger partial charge in [0.2, 0.25) is 0 Å². The van der Waals surface area contributed by atoms with Crippen LogP contribution in [0, 0.1) is 6.92 Å². The first-order valence-corrected chi connectivity index (χ1v) is 9.00. The maximum absolute atomic E-state index is 11.3. The molecule has 0 aromatic carbocycles. The fourth-order valence-corrected chi connectivity index (χ4v) is 4.41. The van der Waals surface area contributed by atoms with Gasteiger partial charge in [-0.1, -0.05) is 6.07 Å². The predicted molar refractivity (Wildman–Crippen MR) is 71.5 cm³/mol. The van der Waals surface area contributed by atoms with Crippen molar-refractivity contribution >= 4 is 20.8 Å². The highest BCUT2D eigenvalue weighted by Gasteiger charge is 2.44. The van der Waals surface area contributed by atoms with Crippen LogP contribution < -0.4 is 0 Å². The van der Waals surface area contributed by atoms with Gasteiger partial charge in [-0.05, 0) is 19.1 Å². The highest BCUT2D eigenvalue weighted by atomic mass is 31.2. The summed E-state index contributed by atoms with van der Waals surface area (Å²) in [5.74, 6) is 0. The van der Waals surface area contributed by atoms with Crippen molar-refractivity contribution in [1.82, 2.24) is 9.38 Å². The first-order valence-electron chi connectivity index (χ1n) is 5.63. The molecule has 20 heavy (non-hydrogen) atoms. The van der Waals surface area contributed by atoms with E-state index in [0.29, 0.717) is 17.0 Å². The molecule has 0 aliphatic rings. The number of aromatic nitrogens is 2. The van der Waals surface area contributed by atoms with Gasteiger partial charge in [0.05, 0.1) is 5.69 Å². The van der Waals surface area contributed by atoms with E-state index in [9.17, 15) is 9.13 Å². The molecule has 0 amide bonds. The Morgan fingerprint density at radius 3 is 2.35 bits per heavy atom. The van der Waals surface area contributed by atoms with Crippen LogP contribution in [-0.2, 0) is 15.6 Å². The molecule has 0 atom stereocenters. The van der Waals surface area contributed by atoms with Crippen LogP contribution in [0.3, 0.4) is 0 Å². The summed E-state index contributed by atoms with van der Waals surface area (Å²) in [6, 6.07) is 5.14. The maximum atomic E-state index is 11.3. The topological polar surface area (TPSA) is 132 Å². The van der Waals surface area contributed by atoms with Crippen LogP contribution in [0.25, 0.3) is 5.65 Å². The molecule has 0 bridgehead atoms. The molecule has 0 aliphatic carbocycles. The van der Waals surface area contributed by atoms with Gasteiger partial charge >= 0.3 is 15.2 Å². The average molecular weight is 320 g/mol. The molecule has 2 rings (SSSR count). The van der Waals surface area contributed by atoms with E-state index in [1.165, 1.54) is 0 Å². The van der Waals surface area contributed by atoms with E-state index in [2.05, 4.69) is 4.98 Å². The lowest BCUT2D eigenvalue weighted by Gasteiger charge is -2.19. The third-order valence-corrected chi connectivity index (χ3v) is 6.70. The number of aryl methyl sites for hydroxylation is 1. The highest BCUT2D eigenvalue weighted by molar-refractivity contribution is 7.70. The van der Waals surface area contributed by atoms with Crippen molar-refractivity contribution in [3.8, 4) is 0 Å². The van der Waals surface area contributed by atoms with E-state index >= 15 is 0 Å². The number of hydrogen-bond donors (Lipinski definition) is 4. The molecule has 2 aromatic rings. The number of pyridine rings is 1. The lowest BCUT2D eigenvalue weighted by Crippen LogP contribution is -2.14. The number of nitrogens with zero attached hydrogens (tertiary/aromatic N) is 2. The van der Waals surface area contributed by atoms with Gasteiger partial charge in [-0.15, -0.1) is 0 Å². The molecule has 0 fully saturated rings. The van der Waals surface area contributed by atoms with Crippen LogP contribution in [0.2, 0.25) is 0 Å². The minimum absolute atomic E-state index is 0.372. The fourth-order valence-electron chi connectivity index (χ4n) is 2.02. The van der Waals surface area contributed by atoms with Gasteiger partial charge in [-0.2, -0.15) is 0 Å². The Hall–Kier alpha value is -1.01. The van der Waals surface area contributed by atoms with Gasteiger partial charge in [0.15, 0.2) is 5.40 Å². The Labute approximate surface area is 114 Å². The zero-order valence-corrected chi connectivity index (χ0v) is 12.3. The van der Waals surface area contributed by atoms with Crippen LogP contribution in [0.5, 0.6) is 0 Å². The zero-order chi connectivity index (χ0) is 15.1. The summed E-state index contributed by atoms with van der Waals surface area (Å²) in [7, 11) is -9.88. The summed E-state index contributed by atoms with van der Waals surface area (Å²) >= 11 is 0. The van der Waals surface area contributed by atoms with Crippen molar-refractivity contribution in [3.63, 3.8) is 0 Å². The second-order valence-corrected chi connectivity index (χ2v) is 8.45. The number of fused-ring (bicyclic) bond motifs is 1. The molecule has 4 N–H and O–H groups in total. The van der Waals surface area contributed by atoms with Gasteiger partial charge < -0.3 is 24.0 Å². The monoisotopic (exact) mass is 320 g/mol. The minimum atomic E-state index is -4.94. The highest BCUT2D eigenvalue weighted by Crippen LogP contribution is 2.60. The summed E-state index contributed by atoms with van der Waals surface area (Å²) in [6.07, 6.45) is 1.17. The van der Waals surface area contributed by atoms with E-state index in [1.807, 2.05) is 0 Å². The number of imidazole rings is 1. The van der Waals surface area contributed by atoms with Crippen LogP contribution >= 0.6 is 15.2 Å².